The normalized spacial score (nSPS) is 18.5. The van der Waals surface area contributed by atoms with Crippen LogP contribution >= 0.6 is 0 Å². The van der Waals surface area contributed by atoms with Gasteiger partial charge in [-0.15, -0.1) is 0 Å². The predicted octanol–water partition coefficient (Wildman–Crippen LogP) is 1.71. The van der Waals surface area contributed by atoms with Crippen molar-refractivity contribution in [1.82, 2.24) is 5.32 Å². The Hall–Kier alpha value is -1.95. The smallest absolute Gasteiger partial charge is 0.308 e. The molecular formula is C16H20FNO4. The number of rotatable bonds is 5. The average molecular weight is 309 g/mol. The van der Waals surface area contributed by atoms with E-state index in [1.807, 2.05) is 0 Å². The molecule has 1 aromatic carbocycles. The fourth-order valence-electron chi connectivity index (χ4n) is 2.64. The van der Waals surface area contributed by atoms with Gasteiger partial charge in [-0.05, 0) is 30.5 Å². The van der Waals surface area contributed by atoms with Crippen LogP contribution in [0.5, 0.6) is 0 Å². The summed E-state index contributed by atoms with van der Waals surface area (Å²) in [7, 11) is 0. The molecule has 1 fully saturated rings. The van der Waals surface area contributed by atoms with E-state index in [0.717, 1.165) is 5.56 Å². The molecule has 0 radical (unpaired) electrons. The largest absolute Gasteiger partial charge is 0.481 e. The van der Waals surface area contributed by atoms with Crippen LogP contribution in [-0.4, -0.2) is 36.7 Å². The molecule has 0 bridgehead atoms. The molecule has 1 heterocycles. The van der Waals surface area contributed by atoms with Crippen LogP contribution in [0.4, 0.5) is 4.39 Å². The third kappa shape index (κ3) is 3.44. The van der Waals surface area contributed by atoms with E-state index >= 15 is 0 Å². The summed E-state index contributed by atoms with van der Waals surface area (Å²) >= 11 is 0. The van der Waals surface area contributed by atoms with Gasteiger partial charge in [-0.25, -0.2) is 4.39 Å². The maximum atomic E-state index is 13.1. The maximum Gasteiger partial charge on any atom is 0.308 e. The third-order valence-electron chi connectivity index (χ3n) is 4.17. The molecule has 0 aromatic heterocycles. The van der Waals surface area contributed by atoms with Crippen molar-refractivity contribution in [3.63, 3.8) is 0 Å². The molecule has 0 aliphatic carbocycles. The van der Waals surface area contributed by atoms with Gasteiger partial charge in [0.2, 0.25) is 5.91 Å². The molecule has 1 aliphatic rings. The lowest BCUT2D eigenvalue weighted by molar-refractivity contribution is -0.141. The zero-order valence-corrected chi connectivity index (χ0v) is 12.5. The molecule has 22 heavy (non-hydrogen) atoms. The van der Waals surface area contributed by atoms with E-state index in [4.69, 9.17) is 9.84 Å². The molecule has 1 amide bonds. The molecule has 1 saturated heterocycles. The van der Waals surface area contributed by atoms with Gasteiger partial charge in [-0.2, -0.15) is 0 Å². The van der Waals surface area contributed by atoms with Crippen molar-refractivity contribution in [3.8, 4) is 0 Å². The molecule has 2 N–H and O–H groups in total. The fraction of sp³-hybridized carbons (Fsp3) is 0.500. The SMILES string of the molecule is CC(CNC(=O)C1(c2ccc(F)cc2)CCOCC1)C(=O)O. The molecule has 0 spiro atoms. The lowest BCUT2D eigenvalue weighted by Gasteiger charge is -2.36. The zero-order chi connectivity index (χ0) is 16.2. The minimum atomic E-state index is -0.955. The van der Waals surface area contributed by atoms with Crippen LogP contribution in [0.3, 0.4) is 0 Å². The average Bonchev–Trinajstić information content (AvgIpc) is 2.53. The molecule has 1 atom stereocenters. The first kappa shape index (κ1) is 16.4. The van der Waals surface area contributed by atoms with E-state index in [-0.39, 0.29) is 18.3 Å². The highest BCUT2D eigenvalue weighted by Crippen LogP contribution is 2.35. The van der Waals surface area contributed by atoms with Crippen molar-refractivity contribution in [2.45, 2.75) is 25.2 Å². The van der Waals surface area contributed by atoms with Crippen molar-refractivity contribution in [2.24, 2.45) is 5.92 Å². The summed E-state index contributed by atoms with van der Waals surface area (Å²) in [4.78, 5) is 23.5. The van der Waals surface area contributed by atoms with E-state index in [9.17, 15) is 14.0 Å². The third-order valence-corrected chi connectivity index (χ3v) is 4.17. The first-order valence-electron chi connectivity index (χ1n) is 7.30. The zero-order valence-electron chi connectivity index (χ0n) is 12.5. The Morgan fingerprint density at radius 1 is 1.32 bits per heavy atom. The lowest BCUT2D eigenvalue weighted by atomic mass is 9.73. The Labute approximate surface area is 128 Å². The molecule has 1 aliphatic heterocycles. The summed E-state index contributed by atoms with van der Waals surface area (Å²) in [5.41, 5.74) is -0.0536. The summed E-state index contributed by atoms with van der Waals surface area (Å²) in [6.07, 6.45) is 0.984. The minimum absolute atomic E-state index is 0.0674. The van der Waals surface area contributed by atoms with Crippen LogP contribution in [0.2, 0.25) is 0 Å². The number of hydrogen-bond acceptors (Lipinski definition) is 3. The van der Waals surface area contributed by atoms with E-state index in [2.05, 4.69) is 5.32 Å². The van der Waals surface area contributed by atoms with Crippen molar-refractivity contribution in [3.05, 3.63) is 35.6 Å². The van der Waals surface area contributed by atoms with Crippen molar-refractivity contribution in [2.75, 3.05) is 19.8 Å². The van der Waals surface area contributed by atoms with E-state index in [1.165, 1.54) is 19.1 Å². The highest BCUT2D eigenvalue weighted by molar-refractivity contribution is 5.88. The van der Waals surface area contributed by atoms with Gasteiger partial charge in [0.05, 0.1) is 11.3 Å². The van der Waals surface area contributed by atoms with Crippen LogP contribution in [0.25, 0.3) is 0 Å². The van der Waals surface area contributed by atoms with Gasteiger partial charge < -0.3 is 15.2 Å². The van der Waals surface area contributed by atoms with Crippen molar-refractivity contribution >= 4 is 11.9 Å². The van der Waals surface area contributed by atoms with E-state index in [1.54, 1.807) is 12.1 Å². The van der Waals surface area contributed by atoms with Gasteiger partial charge in [0.1, 0.15) is 5.82 Å². The van der Waals surface area contributed by atoms with Gasteiger partial charge in [0.25, 0.3) is 0 Å². The molecule has 120 valence electrons. The van der Waals surface area contributed by atoms with Crippen LogP contribution in [0.15, 0.2) is 24.3 Å². The van der Waals surface area contributed by atoms with Crippen molar-refractivity contribution < 1.29 is 23.8 Å². The maximum absolute atomic E-state index is 13.1. The molecule has 0 saturated carbocycles. The molecular weight excluding hydrogens is 289 g/mol. The Balaban J connectivity index is 2.19. The second-order valence-electron chi connectivity index (χ2n) is 5.65. The Bertz CT molecular complexity index is 538. The summed E-state index contributed by atoms with van der Waals surface area (Å²) in [5.74, 6) is -2.20. The summed E-state index contributed by atoms with van der Waals surface area (Å²) in [6, 6.07) is 5.89. The topological polar surface area (TPSA) is 75.6 Å². The number of nitrogens with one attached hydrogen (secondary N) is 1. The highest BCUT2D eigenvalue weighted by atomic mass is 19.1. The fourth-order valence-corrected chi connectivity index (χ4v) is 2.64. The highest BCUT2D eigenvalue weighted by Gasteiger charge is 2.41. The number of carbonyl (C=O) groups excluding carboxylic acids is 1. The van der Waals surface area contributed by atoms with E-state index in [0.29, 0.717) is 26.1 Å². The quantitative estimate of drug-likeness (QED) is 0.868. The Morgan fingerprint density at radius 2 is 1.91 bits per heavy atom. The molecule has 5 nitrogen and oxygen atoms in total. The number of amides is 1. The summed E-state index contributed by atoms with van der Waals surface area (Å²) in [6.45, 7) is 2.49. The number of benzene rings is 1. The van der Waals surface area contributed by atoms with E-state index < -0.39 is 17.3 Å². The first-order chi connectivity index (χ1) is 10.5. The number of ether oxygens (including phenoxy) is 1. The second kappa shape index (κ2) is 6.87. The van der Waals surface area contributed by atoms with Crippen LogP contribution < -0.4 is 5.32 Å². The summed E-state index contributed by atoms with van der Waals surface area (Å²) in [5, 5.41) is 11.6. The monoisotopic (exact) mass is 309 g/mol. The van der Waals surface area contributed by atoms with Crippen LogP contribution in [0.1, 0.15) is 25.3 Å². The van der Waals surface area contributed by atoms with Gasteiger partial charge in [-0.1, -0.05) is 19.1 Å². The first-order valence-corrected chi connectivity index (χ1v) is 7.30. The van der Waals surface area contributed by atoms with Crippen LogP contribution in [0, 0.1) is 11.7 Å². The Morgan fingerprint density at radius 3 is 2.45 bits per heavy atom. The number of carboxylic acids is 1. The number of halogens is 1. The number of hydrogen-bond donors (Lipinski definition) is 2. The molecule has 1 aromatic rings. The van der Waals surface area contributed by atoms with Crippen molar-refractivity contribution in [1.29, 1.82) is 0 Å². The standard InChI is InChI=1S/C16H20FNO4/c1-11(14(19)20)10-18-15(21)16(6-8-22-9-7-16)12-2-4-13(17)5-3-12/h2-5,11H,6-10H2,1H3,(H,18,21)(H,19,20). The minimum Gasteiger partial charge on any atom is -0.481 e. The lowest BCUT2D eigenvalue weighted by Crippen LogP contribution is -2.49. The number of carbonyl (C=O) groups is 2. The molecule has 1 unspecified atom stereocenters. The van der Waals surface area contributed by atoms with Gasteiger partial charge in [0.15, 0.2) is 0 Å². The number of aliphatic carboxylic acids is 1. The van der Waals surface area contributed by atoms with Gasteiger partial charge >= 0.3 is 5.97 Å². The van der Waals surface area contributed by atoms with Gasteiger partial charge in [0, 0.05) is 19.8 Å². The number of carboxylic acid groups (broad SMARTS) is 1. The van der Waals surface area contributed by atoms with Gasteiger partial charge in [-0.3, -0.25) is 9.59 Å². The molecule has 2 rings (SSSR count). The summed E-state index contributed by atoms with van der Waals surface area (Å²) < 4.78 is 18.5. The Kier molecular flexibility index (Phi) is 5.13. The predicted molar refractivity (Wildman–Crippen MR) is 77.9 cm³/mol. The van der Waals surface area contributed by atoms with Crippen LogP contribution in [-0.2, 0) is 19.7 Å². The second-order valence-corrected chi connectivity index (χ2v) is 5.65. The molecule has 6 heteroatoms.